The van der Waals surface area contributed by atoms with E-state index in [4.69, 9.17) is 0 Å². The summed E-state index contributed by atoms with van der Waals surface area (Å²) in [6.07, 6.45) is 2.63. The Morgan fingerprint density at radius 2 is 2.00 bits per heavy atom. The lowest BCUT2D eigenvalue weighted by molar-refractivity contribution is 0.581. The van der Waals surface area contributed by atoms with E-state index in [0.717, 1.165) is 5.92 Å². The highest BCUT2D eigenvalue weighted by molar-refractivity contribution is 14.1. The van der Waals surface area contributed by atoms with Crippen molar-refractivity contribution in [2.24, 2.45) is 5.92 Å². The Kier molecular flexibility index (Phi) is 5.01. The van der Waals surface area contributed by atoms with Gasteiger partial charge in [0.1, 0.15) is 0 Å². The van der Waals surface area contributed by atoms with E-state index in [-0.39, 0.29) is 0 Å². The van der Waals surface area contributed by atoms with Gasteiger partial charge in [-0.1, -0.05) is 36.4 Å². The maximum Gasteiger partial charge on any atom is 0.0337 e. The van der Waals surface area contributed by atoms with Crippen LogP contribution in [0.15, 0.2) is 0 Å². The summed E-state index contributed by atoms with van der Waals surface area (Å²) in [7, 11) is 0. The third kappa shape index (κ3) is 6.73. The van der Waals surface area contributed by atoms with Crippen LogP contribution in [0.3, 0.4) is 0 Å². The van der Waals surface area contributed by atoms with Crippen LogP contribution in [0.5, 0.6) is 0 Å². The second-order valence-electron chi connectivity index (χ2n) is 2.61. The number of hydrogen-bond acceptors (Lipinski definition) is 0. The summed E-state index contributed by atoms with van der Waals surface area (Å²) < 4.78 is 1.52. The van der Waals surface area contributed by atoms with Gasteiger partial charge in [-0.15, -0.1) is 0 Å². The summed E-state index contributed by atoms with van der Waals surface area (Å²) >= 11 is 2.39. The van der Waals surface area contributed by atoms with Crippen molar-refractivity contribution < 1.29 is 0 Å². The third-order valence-corrected chi connectivity index (χ3v) is 1.61. The van der Waals surface area contributed by atoms with E-state index in [1.807, 2.05) is 0 Å². The molecule has 0 N–H and O–H groups in total. The van der Waals surface area contributed by atoms with E-state index < -0.39 is 0 Å². The topological polar surface area (TPSA) is 0 Å². The summed E-state index contributed by atoms with van der Waals surface area (Å²) in [5, 5.41) is 0. The molecule has 8 heavy (non-hydrogen) atoms. The molecule has 0 aromatic rings. The summed E-state index contributed by atoms with van der Waals surface area (Å²) in [6, 6.07) is 0. The van der Waals surface area contributed by atoms with Crippen LogP contribution in [0, 0.1) is 9.84 Å². The standard InChI is InChI=1S/C7H14I/c1-6(2)4-5-7(3)8/h6H,4-5H2,1-3H3. The van der Waals surface area contributed by atoms with Crippen molar-refractivity contribution in [1.82, 2.24) is 0 Å². The monoisotopic (exact) mass is 225 g/mol. The van der Waals surface area contributed by atoms with Gasteiger partial charge in [0.15, 0.2) is 0 Å². The summed E-state index contributed by atoms with van der Waals surface area (Å²) in [5.41, 5.74) is 0. The van der Waals surface area contributed by atoms with Crippen molar-refractivity contribution in [2.75, 3.05) is 0 Å². The van der Waals surface area contributed by atoms with Gasteiger partial charge in [-0.2, -0.15) is 0 Å². The molecule has 0 fully saturated rings. The third-order valence-electron chi connectivity index (χ3n) is 1.07. The molecule has 0 aromatic carbocycles. The molecule has 0 aliphatic carbocycles. The van der Waals surface area contributed by atoms with Crippen LogP contribution >= 0.6 is 22.6 Å². The summed E-state index contributed by atoms with van der Waals surface area (Å²) in [4.78, 5) is 0. The molecular formula is C7H14I. The van der Waals surface area contributed by atoms with Crippen LogP contribution in [0.4, 0.5) is 0 Å². The molecule has 0 bridgehead atoms. The number of rotatable bonds is 3. The molecule has 0 saturated carbocycles. The van der Waals surface area contributed by atoms with Crippen LogP contribution in [-0.2, 0) is 0 Å². The lowest BCUT2D eigenvalue weighted by atomic mass is 10.1. The largest absolute Gasteiger partial charge is 0.0777 e. The van der Waals surface area contributed by atoms with E-state index in [9.17, 15) is 0 Å². The zero-order valence-corrected chi connectivity index (χ0v) is 8.03. The summed E-state index contributed by atoms with van der Waals surface area (Å²) in [5.74, 6) is 0.861. The van der Waals surface area contributed by atoms with Crippen molar-refractivity contribution in [3.63, 3.8) is 0 Å². The minimum Gasteiger partial charge on any atom is -0.0777 e. The maximum absolute atomic E-state index is 2.39. The normalized spacial score (nSPS) is 11.2. The zero-order valence-electron chi connectivity index (χ0n) is 5.87. The first kappa shape index (κ1) is 8.73. The van der Waals surface area contributed by atoms with E-state index in [0.29, 0.717) is 0 Å². The highest BCUT2D eigenvalue weighted by Gasteiger charge is 1.97. The van der Waals surface area contributed by atoms with E-state index in [1.165, 1.54) is 16.8 Å². The van der Waals surface area contributed by atoms with Gasteiger partial charge in [-0.25, -0.2) is 0 Å². The highest BCUT2D eigenvalue weighted by atomic mass is 127. The SMILES string of the molecule is C[C](I)CCC(C)C. The van der Waals surface area contributed by atoms with Gasteiger partial charge in [-0.3, -0.25) is 0 Å². The summed E-state index contributed by atoms with van der Waals surface area (Å²) in [6.45, 7) is 6.71. The first-order chi connectivity index (χ1) is 3.63. The fraction of sp³-hybridized carbons (Fsp3) is 0.857. The average Bonchev–Trinajstić information content (AvgIpc) is 1.61. The molecule has 1 heteroatoms. The first-order valence-electron chi connectivity index (χ1n) is 3.11. The predicted octanol–water partition coefficient (Wildman–Crippen LogP) is 3.41. The maximum atomic E-state index is 2.39. The number of hydrogen-bond donors (Lipinski definition) is 0. The minimum absolute atomic E-state index is 0.861. The van der Waals surface area contributed by atoms with Crippen LogP contribution in [-0.4, -0.2) is 0 Å². The van der Waals surface area contributed by atoms with Gasteiger partial charge in [0.25, 0.3) is 0 Å². The Labute approximate surface area is 66.2 Å². The number of halogens is 1. The smallest absolute Gasteiger partial charge is 0.0337 e. The van der Waals surface area contributed by atoms with Gasteiger partial charge in [0, 0.05) is 3.92 Å². The predicted molar refractivity (Wildman–Crippen MR) is 47.0 cm³/mol. The van der Waals surface area contributed by atoms with Gasteiger partial charge in [-0.05, 0) is 25.7 Å². The lowest BCUT2D eigenvalue weighted by Gasteiger charge is -2.03. The highest BCUT2D eigenvalue weighted by Crippen LogP contribution is 2.18. The molecule has 0 aliphatic rings. The van der Waals surface area contributed by atoms with Crippen molar-refractivity contribution >= 4 is 22.6 Å². The molecule has 0 saturated heterocycles. The molecule has 0 amide bonds. The molecular weight excluding hydrogens is 211 g/mol. The lowest BCUT2D eigenvalue weighted by Crippen LogP contribution is -1.88. The average molecular weight is 225 g/mol. The molecule has 0 nitrogen and oxygen atoms in total. The van der Waals surface area contributed by atoms with Gasteiger partial charge in [0.05, 0.1) is 0 Å². The van der Waals surface area contributed by atoms with Crippen LogP contribution < -0.4 is 0 Å². The Bertz CT molecular complexity index is 40.3. The Morgan fingerprint density at radius 3 is 2.12 bits per heavy atom. The quantitative estimate of drug-likeness (QED) is 0.645. The van der Waals surface area contributed by atoms with Gasteiger partial charge >= 0.3 is 0 Å². The Hall–Kier alpha value is 0.730. The van der Waals surface area contributed by atoms with E-state index in [2.05, 4.69) is 43.4 Å². The molecule has 0 aromatic heterocycles. The van der Waals surface area contributed by atoms with Crippen LogP contribution in [0.1, 0.15) is 33.6 Å². The van der Waals surface area contributed by atoms with E-state index >= 15 is 0 Å². The van der Waals surface area contributed by atoms with Crippen molar-refractivity contribution in [1.29, 1.82) is 0 Å². The Balaban J connectivity index is 2.93. The molecule has 0 atom stereocenters. The van der Waals surface area contributed by atoms with E-state index in [1.54, 1.807) is 0 Å². The van der Waals surface area contributed by atoms with Gasteiger partial charge in [0.2, 0.25) is 0 Å². The van der Waals surface area contributed by atoms with Crippen molar-refractivity contribution in [2.45, 2.75) is 33.6 Å². The van der Waals surface area contributed by atoms with Gasteiger partial charge < -0.3 is 0 Å². The zero-order chi connectivity index (χ0) is 6.57. The van der Waals surface area contributed by atoms with Crippen molar-refractivity contribution in [3.05, 3.63) is 3.92 Å². The van der Waals surface area contributed by atoms with Crippen molar-refractivity contribution in [3.8, 4) is 0 Å². The molecule has 0 spiro atoms. The molecule has 0 aliphatic heterocycles. The molecule has 1 radical (unpaired) electrons. The fourth-order valence-corrected chi connectivity index (χ4v) is 0.799. The fourth-order valence-electron chi connectivity index (χ4n) is 0.488. The molecule has 0 unspecified atom stereocenters. The Morgan fingerprint density at radius 1 is 1.50 bits per heavy atom. The molecule has 0 rings (SSSR count). The second kappa shape index (κ2) is 4.59. The molecule has 0 heterocycles. The second-order valence-corrected chi connectivity index (χ2v) is 4.45. The molecule has 49 valence electrons. The van der Waals surface area contributed by atoms with Crippen LogP contribution in [0.25, 0.3) is 0 Å². The minimum atomic E-state index is 0.861. The first-order valence-corrected chi connectivity index (χ1v) is 4.18. The van der Waals surface area contributed by atoms with Crippen LogP contribution in [0.2, 0.25) is 0 Å².